The zero-order valence-corrected chi connectivity index (χ0v) is 19.7. The number of aryl methyl sites for hydroxylation is 3. The maximum atomic E-state index is 13.8. The lowest BCUT2D eigenvalue weighted by molar-refractivity contribution is -0.117. The molecule has 0 aliphatic carbocycles. The number of carbonyl (C=O) groups excluding carboxylic acids is 2. The van der Waals surface area contributed by atoms with Crippen molar-refractivity contribution in [2.24, 2.45) is 0 Å². The van der Waals surface area contributed by atoms with Crippen molar-refractivity contribution in [3.05, 3.63) is 106 Å². The van der Waals surface area contributed by atoms with Gasteiger partial charge in [0.2, 0.25) is 5.78 Å². The van der Waals surface area contributed by atoms with Gasteiger partial charge >= 0.3 is 0 Å². The van der Waals surface area contributed by atoms with Crippen molar-refractivity contribution >= 4 is 28.7 Å². The average Bonchev–Trinajstić information content (AvgIpc) is 3.50. The van der Waals surface area contributed by atoms with Crippen LogP contribution in [-0.2, 0) is 4.79 Å². The molecule has 1 atom stereocenters. The van der Waals surface area contributed by atoms with Gasteiger partial charge in [0.1, 0.15) is 22.6 Å². The van der Waals surface area contributed by atoms with Crippen LogP contribution in [0.2, 0.25) is 0 Å². The van der Waals surface area contributed by atoms with E-state index in [-0.39, 0.29) is 5.57 Å². The number of anilines is 1. The summed E-state index contributed by atoms with van der Waals surface area (Å²) in [4.78, 5) is 33.5. The molecular weight excluding hydrogens is 448 g/mol. The monoisotopic (exact) mass is 470 g/mol. The summed E-state index contributed by atoms with van der Waals surface area (Å²) in [6.45, 7) is 5.47. The van der Waals surface area contributed by atoms with Crippen molar-refractivity contribution < 1.29 is 19.1 Å². The molecule has 2 aromatic heterocycles. The van der Waals surface area contributed by atoms with E-state index in [0.717, 1.165) is 11.1 Å². The normalized spacial score (nSPS) is 15.9. The Morgan fingerprint density at radius 3 is 2.47 bits per heavy atom. The Labute approximate surface area is 200 Å². The molecule has 7 heteroatoms. The Morgan fingerprint density at radius 1 is 1.03 bits per heavy atom. The number of Topliss-reactive ketones (excluding diaryl/α,β-unsaturated/α-hetero) is 1. The van der Waals surface area contributed by atoms with E-state index in [1.165, 1.54) is 16.2 Å². The Balaban J connectivity index is 1.63. The second kappa shape index (κ2) is 8.43. The first-order chi connectivity index (χ1) is 16.3. The smallest absolute Gasteiger partial charge is 0.294 e. The molecule has 170 valence electrons. The zero-order valence-electron chi connectivity index (χ0n) is 18.9. The number of thiazole rings is 1. The lowest BCUT2D eigenvalue weighted by Gasteiger charge is -2.25. The number of hydrogen-bond acceptors (Lipinski definition) is 6. The number of nitrogens with zero attached hydrogens (tertiary/aromatic N) is 2. The first-order valence-electron chi connectivity index (χ1n) is 10.8. The second-order valence-electron chi connectivity index (χ2n) is 8.26. The van der Waals surface area contributed by atoms with Crippen molar-refractivity contribution in [1.82, 2.24) is 4.98 Å². The minimum Gasteiger partial charge on any atom is -0.503 e. The van der Waals surface area contributed by atoms with E-state index in [1.54, 1.807) is 32.0 Å². The van der Waals surface area contributed by atoms with E-state index in [4.69, 9.17) is 4.42 Å². The minimum atomic E-state index is -0.892. The Kier molecular flexibility index (Phi) is 5.42. The van der Waals surface area contributed by atoms with E-state index < -0.39 is 23.5 Å². The van der Waals surface area contributed by atoms with Crippen LogP contribution in [-0.4, -0.2) is 21.8 Å². The molecule has 1 unspecified atom stereocenters. The minimum absolute atomic E-state index is 0.00721. The molecule has 1 N–H and O–H groups in total. The third kappa shape index (κ3) is 3.64. The van der Waals surface area contributed by atoms with E-state index in [2.05, 4.69) is 4.98 Å². The summed E-state index contributed by atoms with van der Waals surface area (Å²) in [6, 6.07) is 19.6. The number of amides is 1. The fourth-order valence-electron chi connectivity index (χ4n) is 4.18. The highest BCUT2D eigenvalue weighted by Gasteiger charge is 2.46. The summed E-state index contributed by atoms with van der Waals surface area (Å²) in [6.07, 6.45) is 0. The Hall–Kier alpha value is -3.97. The van der Waals surface area contributed by atoms with Gasteiger partial charge in [0.15, 0.2) is 5.76 Å². The SMILES string of the molecule is Cc1cccc(N2C(=O)C(O)=C(C(=O)c3sc(-c4ccccc4)nc3C)C2c2ccc(C)o2)c1. The highest BCUT2D eigenvalue weighted by Crippen LogP contribution is 2.43. The molecule has 6 nitrogen and oxygen atoms in total. The van der Waals surface area contributed by atoms with Gasteiger partial charge in [0, 0.05) is 11.3 Å². The number of benzene rings is 2. The summed E-state index contributed by atoms with van der Waals surface area (Å²) in [5.74, 6) is -0.592. The summed E-state index contributed by atoms with van der Waals surface area (Å²) in [5, 5.41) is 11.7. The third-order valence-corrected chi connectivity index (χ3v) is 6.99. The van der Waals surface area contributed by atoms with Crippen LogP contribution in [0, 0.1) is 20.8 Å². The highest BCUT2D eigenvalue weighted by molar-refractivity contribution is 7.17. The standard InChI is InChI=1S/C27H22N2O4S/c1-15-8-7-11-19(14-15)29-22(20-13-12-16(2)33-20)21(24(31)27(29)32)23(30)25-17(3)28-26(34-25)18-9-5-4-6-10-18/h4-14,22,31H,1-3H3. The molecule has 0 saturated carbocycles. The van der Waals surface area contributed by atoms with E-state index in [9.17, 15) is 14.7 Å². The number of aliphatic hydroxyl groups excluding tert-OH is 1. The van der Waals surface area contributed by atoms with Crippen molar-refractivity contribution in [1.29, 1.82) is 0 Å². The predicted molar refractivity (Wildman–Crippen MR) is 131 cm³/mol. The van der Waals surface area contributed by atoms with Crippen LogP contribution in [0.25, 0.3) is 10.6 Å². The third-order valence-electron chi connectivity index (χ3n) is 5.79. The molecule has 5 rings (SSSR count). The summed E-state index contributed by atoms with van der Waals surface area (Å²) in [5.41, 5.74) is 2.96. The van der Waals surface area contributed by atoms with Gasteiger partial charge in [-0.15, -0.1) is 11.3 Å². The number of aromatic nitrogens is 1. The average molecular weight is 471 g/mol. The second-order valence-corrected chi connectivity index (χ2v) is 9.26. The number of ketones is 1. The van der Waals surface area contributed by atoms with Crippen LogP contribution in [0.3, 0.4) is 0 Å². The largest absolute Gasteiger partial charge is 0.503 e. The molecule has 0 radical (unpaired) electrons. The van der Waals surface area contributed by atoms with Crippen LogP contribution < -0.4 is 4.90 Å². The maximum absolute atomic E-state index is 13.8. The van der Waals surface area contributed by atoms with Crippen molar-refractivity contribution in [2.45, 2.75) is 26.8 Å². The molecule has 0 saturated heterocycles. The van der Waals surface area contributed by atoms with Crippen LogP contribution in [0.4, 0.5) is 5.69 Å². The molecule has 1 amide bonds. The molecular formula is C27H22N2O4S. The quantitative estimate of drug-likeness (QED) is 0.356. The van der Waals surface area contributed by atoms with Gasteiger partial charge in [-0.2, -0.15) is 0 Å². The maximum Gasteiger partial charge on any atom is 0.294 e. The van der Waals surface area contributed by atoms with Crippen LogP contribution in [0.15, 0.2) is 82.5 Å². The predicted octanol–water partition coefficient (Wildman–Crippen LogP) is 6.11. The zero-order chi connectivity index (χ0) is 24.0. The van der Waals surface area contributed by atoms with Gasteiger partial charge in [-0.25, -0.2) is 4.98 Å². The van der Waals surface area contributed by atoms with Gasteiger partial charge in [0.25, 0.3) is 5.91 Å². The van der Waals surface area contributed by atoms with Gasteiger partial charge in [-0.05, 0) is 50.6 Å². The fraction of sp³-hybridized carbons (Fsp3) is 0.148. The number of rotatable bonds is 5. The molecule has 2 aromatic carbocycles. The van der Waals surface area contributed by atoms with E-state index in [0.29, 0.717) is 32.8 Å². The first kappa shape index (κ1) is 21.9. The van der Waals surface area contributed by atoms with Gasteiger partial charge in [0.05, 0.1) is 16.1 Å². The van der Waals surface area contributed by atoms with E-state index in [1.807, 2.05) is 55.5 Å². The van der Waals surface area contributed by atoms with E-state index >= 15 is 0 Å². The molecule has 0 fully saturated rings. The molecule has 0 spiro atoms. The molecule has 1 aliphatic heterocycles. The van der Waals surface area contributed by atoms with Crippen LogP contribution >= 0.6 is 11.3 Å². The fourth-order valence-corrected chi connectivity index (χ4v) is 5.21. The molecule has 0 bridgehead atoms. The molecule has 34 heavy (non-hydrogen) atoms. The van der Waals surface area contributed by atoms with Crippen molar-refractivity contribution in [3.8, 4) is 10.6 Å². The summed E-state index contributed by atoms with van der Waals surface area (Å²) >= 11 is 1.25. The summed E-state index contributed by atoms with van der Waals surface area (Å²) < 4.78 is 5.86. The first-order valence-corrected chi connectivity index (χ1v) is 11.6. The van der Waals surface area contributed by atoms with Crippen LogP contribution in [0.1, 0.15) is 38.5 Å². The topological polar surface area (TPSA) is 83.6 Å². The van der Waals surface area contributed by atoms with Crippen molar-refractivity contribution in [2.75, 3.05) is 4.90 Å². The Bertz CT molecular complexity index is 1450. The molecule has 1 aliphatic rings. The molecule has 4 aromatic rings. The Morgan fingerprint density at radius 2 is 1.79 bits per heavy atom. The lowest BCUT2D eigenvalue weighted by atomic mass is 9.99. The van der Waals surface area contributed by atoms with Gasteiger partial charge in [-0.1, -0.05) is 42.5 Å². The molecule has 3 heterocycles. The van der Waals surface area contributed by atoms with Crippen molar-refractivity contribution in [3.63, 3.8) is 0 Å². The van der Waals surface area contributed by atoms with Crippen LogP contribution in [0.5, 0.6) is 0 Å². The number of furan rings is 1. The highest BCUT2D eigenvalue weighted by atomic mass is 32.1. The van der Waals surface area contributed by atoms with Gasteiger partial charge < -0.3 is 9.52 Å². The number of aliphatic hydroxyl groups is 1. The number of carbonyl (C=O) groups is 2. The number of hydrogen-bond donors (Lipinski definition) is 1. The summed E-state index contributed by atoms with van der Waals surface area (Å²) in [7, 11) is 0. The van der Waals surface area contributed by atoms with Gasteiger partial charge in [-0.3, -0.25) is 14.5 Å². The lowest BCUT2D eigenvalue weighted by Crippen LogP contribution is -2.30.